The number of nitrogens with zero attached hydrogens (tertiary/aromatic N) is 3. The van der Waals surface area contributed by atoms with E-state index in [4.69, 9.17) is 0 Å². The molecule has 242 valence electrons. The Morgan fingerprint density at radius 3 is 1.80 bits per heavy atom. The number of hydrogen-bond donors (Lipinski definition) is 1. The molecule has 0 saturated heterocycles. The molecule has 2 saturated carbocycles. The van der Waals surface area contributed by atoms with Crippen LogP contribution < -0.4 is 11.1 Å². The highest BCUT2D eigenvalue weighted by atomic mass is 79.9. The predicted octanol–water partition coefficient (Wildman–Crippen LogP) is 9.49. The summed E-state index contributed by atoms with van der Waals surface area (Å²) in [7, 11) is 2.03. The van der Waals surface area contributed by atoms with Crippen LogP contribution in [0.15, 0.2) is 67.1 Å². The molecule has 45 heavy (non-hydrogen) atoms. The molecule has 8 rings (SSSR count). The van der Waals surface area contributed by atoms with Crippen LogP contribution in [-0.4, -0.2) is 19.1 Å². The fourth-order valence-electron chi connectivity index (χ4n) is 9.37. The van der Waals surface area contributed by atoms with Crippen molar-refractivity contribution in [1.29, 1.82) is 0 Å². The van der Waals surface area contributed by atoms with E-state index in [9.17, 15) is 9.59 Å². The molecule has 4 aliphatic carbocycles. The Labute approximate surface area is 284 Å². The van der Waals surface area contributed by atoms with Crippen LogP contribution >= 0.6 is 31.9 Å². The van der Waals surface area contributed by atoms with Gasteiger partial charge < -0.3 is 0 Å². The van der Waals surface area contributed by atoms with Gasteiger partial charge in [-0.25, -0.2) is 9.36 Å². The van der Waals surface area contributed by atoms with E-state index < -0.39 is 0 Å². The first-order valence-corrected chi connectivity index (χ1v) is 16.9. The molecule has 0 spiro atoms. The van der Waals surface area contributed by atoms with Crippen molar-refractivity contribution in [2.45, 2.75) is 105 Å². The maximum absolute atomic E-state index is 13.1. The second-order valence-corrected chi connectivity index (χ2v) is 16.5. The van der Waals surface area contributed by atoms with Gasteiger partial charge in [0, 0.05) is 43.6 Å². The summed E-state index contributed by atoms with van der Waals surface area (Å²) in [6.07, 6.45) is 4.60. The van der Waals surface area contributed by atoms with Gasteiger partial charge in [-0.3, -0.25) is 19.4 Å². The van der Waals surface area contributed by atoms with Crippen molar-refractivity contribution in [2.24, 2.45) is 17.9 Å². The van der Waals surface area contributed by atoms with Crippen LogP contribution in [0.1, 0.15) is 116 Å². The third-order valence-corrected chi connectivity index (χ3v) is 13.6. The fraction of sp³-hybridized carbons (Fsp3) is 0.514. The zero-order valence-electron chi connectivity index (χ0n) is 26.0. The van der Waals surface area contributed by atoms with Crippen molar-refractivity contribution < 1.29 is 0 Å². The molecule has 4 atom stereocenters. The Morgan fingerprint density at radius 2 is 1.24 bits per heavy atom. The van der Waals surface area contributed by atoms with E-state index in [0.717, 1.165) is 56.4 Å². The lowest BCUT2D eigenvalue weighted by molar-refractivity contribution is 0.218. The number of hydrogen-bond acceptors (Lipinski definition) is 2. The summed E-state index contributed by atoms with van der Waals surface area (Å²) < 4.78 is 7.62. The molecular formula is C37H48Br2N4O2. The number of aromatic nitrogens is 4. The minimum atomic E-state index is 0. The van der Waals surface area contributed by atoms with Crippen molar-refractivity contribution in [3.05, 3.63) is 101 Å². The maximum atomic E-state index is 13.1. The van der Waals surface area contributed by atoms with Crippen LogP contribution in [0.5, 0.6) is 0 Å². The van der Waals surface area contributed by atoms with E-state index in [0.29, 0.717) is 11.8 Å². The molecule has 6 nitrogen and oxygen atoms in total. The number of halogens is 2. The number of rotatable bonds is 2. The quantitative estimate of drug-likeness (QED) is 0.223. The second-order valence-electron chi connectivity index (χ2n) is 14.7. The van der Waals surface area contributed by atoms with Gasteiger partial charge in [-0.15, -0.1) is 0 Å². The van der Waals surface area contributed by atoms with E-state index in [1.54, 1.807) is 4.68 Å². The molecule has 0 amide bonds. The summed E-state index contributed by atoms with van der Waals surface area (Å²) in [5.41, 5.74) is 7.13. The molecule has 4 aliphatic rings. The molecule has 4 bridgehead atoms. The minimum Gasteiger partial charge on any atom is -0.294 e. The monoisotopic (exact) mass is 738 g/mol. The Morgan fingerprint density at radius 1 is 0.733 bits per heavy atom. The molecule has 0 radical (unpaired) electrons. The van der Waals surface area contributed by atoms with Gasteiger partial charge in [-0.2, -0.15) is 0 Å². The summed E-state index contributed by atoms with van der Waals surface area (Å²) in [4.78, 5) is 26.0. The molecule has 2 heterocycles. The summed E-state index contributed by atoms with van der Waals surface area (Å²) in [5, 5.41) is 3.42. The lowest BCUT2D eigenvalue weighted by Gasteiger charge is -2.36. The van der Waals surface area contributed by atoms with Gasteiger partial charge in [0.25, 0.3) is 11.1 Å². The number of aromatic amines is 1. The number of benzene rings is 2. The first-order chi connectivity index (χ1) is 20.1. The molecule has 0 unspecified atom stereocenters. The average Bonchev–Trinajstić information content (AvgIpc) is 3.65. The number of nitrogens with one attached hydrogen (secondary N) is 1. The van der Waals surface area contributed by atoms with Crippen LogP contribution in [0.4, 0.5) is 0 Å². The van der Waals surface area contributed by atoms with Crippen LogP contribution in [0.25, 0.3) is 11.4 Å². The summed E-state index contributed by atoms with van der Waals surface area (Å²) >= 11 is 6.98. The van der Waals surface area contributed by atoms with Crippen molar-refractivity contribution in [3.8, 4) is 11.4 Å². The molecule has 4 aromatic rings. The largest absolute Gasteiger partial charge is 0.294 e. The van der Waals surface area contributed by atoms with Gasteiger partial charge in [0.15, 0.2) is 0 Å². The SMILES string of the molecule is C.C.CC1(C)[C@@H]2CC[C@@]1(C)c1[nH]n(-c3cccc(Br)c3)c(=O)c12.Cn1c2c(c(=O)n1-c1cccc(Br)c1)[C@H]1CC[C@]2(C)C1(C)C. The van der Waals surface area contributed by atoms with E-state index in [1.165, 1.54) is 12.1 Å². The van der Waals surface area contributed by atoms with Crippen molar-refractivity contribution in [3.63, 3.8) is 0 Å². The molecule has 2 fully saturated rings. The van der Waals surface area contributed by atoms with Crippen LogP contribution in [0.2, 0.25) is 0 Å². The lowest BCUT2D eigenvalue weighted by Crippen LogP contribution is -2.35. The number of H-pyrrole nitrogens is 1. The van der Waals surface area contributed by atoms with Crippen molar-refractivity contribution in [2.75, 3.05) is 0 Å². The lowest BCUT2D eigenvalue weighted by atomic mass is 9.70. The Balaban J connectivity index is 0.000000170. The Bertz CT molecular complexity index is 1920. The molecule has 0 aliphatic heterocycles. The van der Waals surface area contributed by atoms with Crippen LogP contribution in [0, 0.1) is 10.8 Å². The normalized spacial score (nSPS) is 27.2. The smallest absolute Gasteiger partial charge is 0.275 e. The topological polar surface area (TPSA) is 64.7 Å². The highest BCUT2D eigenvalue weighted by molar-refractivity contribution is 9.10. The standard InChI is InChI=1S/C18H21BrN2O.C17H19BrN2O.2CH4/c1-17(2)13-8-9-18(17,3)15-14(13)16(22)21(20(15)4)12-7-5-6-11(19)10-12;1-16(2)12-7-8-17(16,3)14-13(12)15(21)20(19-14)11-6-4-5-10(18)9-11;;/h5-7,10,13H,8-9H2,1-4H3;4-6,9,12,19H,7-8H2,1-3H3;2*1H4/t13-,18+;12-,17+;;/m11../s1. The number of fused-ring (bicyclic) bond motifs is 10. The molecule has 8 heteroatoms. The van der Waals surface area contributed by atoms with Gasteiger partial charge in [0.1, 0.15) is 0 Å². The summed E-state index contributed by atoms with van der Waals surface area (Å²) in [6, 6.07) is 15.8. The van der Waals surface area contributed by atoms with Gasteiger partial charge >= 0.3 is 0 Å². The van der Waals surface area contributed by atoms with Gasteiger partial charge in [0.2, 0.25) is 0 Å². The van der Waals surface area contributed by atoms with Crippen LogP contribution in [0.3, 0.4) is 0 Å². The van der Waals surface area contributed by atoms with Crippen molar-refractivity contribution >= 4 is 31.9 Å². The molecule has 2 aromatic carbocycles. The first kappa shape index (κ1) is 33.8. The third kappa shape index (κ3) is 4.23. The second kappa shape index (κ2) is 10.7. The van der Waals surface area contributed by atoms with E-state index in [1.807, 2.05) is 60.3 Å². The predicted molar refractivity (Wildman–Crippen MR) is 192 cm³/mol. The van der Waals surface area contributed by atoms with E-state index in [-0.39, 0.29) is 47.6 Å². The Kier molecular flexibility index (Phi) is 8.05. The maximum Gasteiger partial charge on any atom is 0.275 e. The van der Waals surface area contributed by atoms with Gasteiger partial charge in [-0.05, 0) is 84.7 Å². The summed E-state index contributed by atoms with van der Waals surface area (Å²) in [5.74, 6) is 0.772. The fourth-order valence-corrected chi connectivity index (χ4v) is 10.1. The van der Waals surface area contributed by atoms with E-state index >= 15 is 0 Å². The van der Waals surface area contributed by atoms with Crippen molar-refractivity contribution in [1.82, 2.24) is 19.1 Å². The van der Waals surface area contributed by atoms with Gasteiger partial charge in [0.05, 0.1) is 17.1 Å². The Hall–Kier alpha value is -2.58. The zero-order valence-corrected chi connectivity index (χ0v) is 29.2. The average molecular weight is 741 g/mol. The summed E-state index contributed by atoms with van der Waals surface area (Å²) in [6.45, 7) is 13.9. The minimum absolute atomic E-state index is 0. The van der Waals surface area contributed by atoms with Crippen LogP contribution in [-0.2, 0) is 17.9 Å². The van der Waals surface area contributed by atoms with E-state index in [2.05, 4.69) is 83.2 Å². The highest BCUT2D eigenvalue weighted by Crippen LogP contribution is 2.67. The van der Waals surface area contributed by atoms with Gasteiger partial charge in [-0.1, -0.05) is 100 Å². The third-order valence-electron chi connectivity index (χ3n) is 12.6. The highest BCUT2D eigenvalue weighted by Gasteiger charge is 2.63. The molecule has 2 aromatic heterocycles. The molecular weight excluding hydrogens is 692 g/mol. The molecule has 1 N–H and O–H groups in total. The zero-order chi connectivity index (χ0) is 30.9. The first-order valence-electron chi connectivity index (χ1n) is 15.3.